The lowest BCUT2D eigenvalue weighted by Gasteiger charge is -2.40. The molecular weight excluding hydrogens is 220 g/mol. The van der Waals surface area contributed by atoms with Crippen LogP contribution in [0.4, 0.5) is 0 Å². The summed E-state index contributed by atoms with van der Waals surface area (Å²) in [5.41, 5.74) is 0. The molecule has 0 spiro atoms. The summed E-state index contributed by atoms with van der Waals surface area (Å²) in [6, 6.07) is 0. The Morgan fingerprint density at radius 2 is 2.38 bits per heavy atom. The van der Waals surface area contributed by atoms with Crippen molar-refractivity contribution in [1.29, 1.82) is 0 Å². The van der Waals surface area contributed by atoms with Crippen molar-refractivity contribution >= 4 is 17.7 Å². The summed E-state index contributed by atoms with van der Waals surface area (Å²) in [6.07, 6.45) is 7.87. The van der Waals surface area contributed by atoms with Gasteiger partial charge in [0.25, 0.3) is 0 Å². The molecule has 1 heterocycles. The molecule has 1 atom stereocenters. The molecule has 1 aliphatic carbocycles. The van der Waals surface area contributed by atoms with Crippen LogP contribution in [0.3, 0.4) is 0 Å². The summed E-state index contributed by atoms with van der Waals surface area (Å²) in [7, 11) is 0. The van der Waals surface area contributed by atoms with Gasteiger partial charge in [-0.3, -0.25) is 4.79 Å². The van der Waals surface area contributed by atoms with Gasteiger partial charge in [0.15, 0.2) is 0 Å². The normalized spacial score (nSPS) is 27.4. The molecule has 2 rings (SSSR count). The van der Waals surface area contributed by atoms with Crippen molar-refractivity contribution in [3.05, 3.63) is 0 Å². The van der Waals surface area contributed by atoms with Crippen LogP contribution >= 0.6 is 11.8 Å². The maximum Gasteiger partial charge on any atom is 0.220 e. The third-order valence-electron chi connectivity index (χ3n) is 3.94. The standard InChI is InChI=1S/C12H22N2OS/c1-16-12(4-2-5-12)9-14-11(15)7-10-3-6-13-8-10/h10,13H,2-9H2,1H3,(H,14,15). The zero-order valence-electron chi connectivity index (χ0n) is 10.1. The molecular formula is C12H22N2OS. The fraction of sp³-hybridized carbons (Fsp3) is 0.917. The molecule has 1 saturated heterocycles. The Morgan fingerprint density at radius 1 is 1.56 bits per heavy atom. The summed E-state index contributed by atoms with van der Waals surface area (Å²) in [6.45, 7) is 2.96. The Kier molecular flexibility index (Phi) is 4.14. The minimum Gasteiger partial charge on any atom is -0.355 e. The Morgan fingerprint density at radius 3 is 2.88 bits per heavy atom. The summed E-state index contributed by atoms with van der Waals surface area (Å²) in [4.78, 5) is 11.8. The molecule has 0 aromatic carbocycles. The third-order valence-corrected chi connectivity index (χ3v) is 5.36. The minimum atomic E-state index is 0.244. The van der Waals surface area contributed by atoms with Crippen molar-refractivity contribution in [2.75, 3.05) is 25.9 Å². The zero-order chi connectivity index (χ0) is 11.4. The van der Waals surface area contributed by atoms with Gasteiger partial charge in [-0.25, -0.2) is 0 Å². The molecule has 92 valence electrons. The molecule has 3 nitrogen and oxygen atoms in total. The van der Waals surface area contributed by atoms with E-state index < -0.39 is 0 Å². The SMILES string of the molecule is CSC1(CNC(=O)CC2CCNC2)CCC1. The minimum absolute atomic E-state index is 0.244. The molecule has 16 heavy (non-hydrogen) atoms. The number of carbonyl (C=O) groups is 1. The van der Waals surface area contributed by atoms with Crippen LogP contribution in [0.2, 0.25) is 0 Å². The highest BCUT2D eigenvalue weighted by molar-refractivity contribution is 8.00. The lowest BCUT2D eigenvalue weighted by molar-refractivity contribution is -0.122. The van der Waals surface area contributed by atoms with Crippen molar-refractivity contribution in [1.82, 2.24) is 10.6 Å². The molecule has 1 saturated carbocycles. The van der Waals surface area contributed by atoms with Gasteiger partial charge in [-0.2, -0.15) is 11.8 Å². The predicted molar refractivity (Wildman–Crippen MR) is 68.7 cm³/mol. The molecule has 1 unspecified atom stereocenters. The van der Waals surface area contributed by atoms with E-state index in [2.05, 4.69) is 16.9 Å². The van der Waals surface area contributed by atoms with Gasteiger partial charge in [-0.15, -0.1) is 0 Å². The van der Waals surface area contributed by atoms with Crippen molar-refractivity contribution in [2.24, 2.45) is 5.92 Å². The van der Waals surface area contributed by atoms with E-state index in [0.29, 0.717) is 17.1 Å². The van der Waals surface area contributed by atoms with E-state index >= 15 is 0 Å². The molecule has 4 heteroatoms. The Labute approximate surface area is 102 Å². The van der Waals surface area contributed by atoms with E-state index in [9.17, 15) is 4.79 Å². The van der Waals surface area contributed by atoms with E-state index in [1.54, 1.807) is 0 Å². The number of hydrogen-bond acceptors (Lipinski definition) is 3. The van der Waals surface area contributed by atoms with E-state index in [1.165, 1.54) is 19.3 Å². The van der Waals surface area contributed by atoms with Crippen LogP contribution in [0.1, 0.15) is 32.1 Å². The highest BCUT2D eigenvalue weighted by Gasteiger charge is 2.36. The van der Waals surface area contributed by atoms with E-state index in [-0.39, 0.29) is 5.91 Å². The Balaban J connectivity index is 1.66. The molecule has 0 radical (unpaired) electrons. The maximum absolute atomic E-state index is 11.8. The molecule has 2 aliphatic rings. The number of nitrogens with one attached hydrogen (secondary N) is 2. The van der Waals surface area contributed by atoms with Gasteiger partial charge in [0, 0.05) is 17.7 Å². The molecule has 2 fully saturated rings. The highest BCUT2D eigenvalue weighted by atomic mass is 32.2. The van der Waals surface area contributed by atoms with E-state index in [1.807, 2.05) is 11.8 Å². The molecule has 2 N–H and O–H groups in total. The van der Waals surface area contributed by atoms with Gasteiger partial charge in [0.2, 0.25) is 5.91 Å². The topological polar surface area (TPSA) is 41.1 Å². The van der Waals surface area contributed by atoms with Gasteiger partial charge < -0.3 is 10.6 Å². The average Bonchev–Trinajstić information content (AvgIpc) is 2.69. The highest BCUT2D eigenvalue weighted by Crippen LogP contribution is 2.42. The van der Waals surface area contributed by atoms with Gasteiger partial charge in [0.05, 0.1) is 0 Å². The molecule has 0 aromatic heterocycles. The van der Waals surface area contributed by atoms with Gasteiger partial charge >= 0.3 is 0 Å². The lowest BCUT2D eigenvalue weighted by Crippen LogP contribution is -2.45. The largest absolute Gasteiger partial charge is 0.355 e. The Hall–Kier alpha value is -0.220. The second-order valence-corrected chi connectivity index (χ2v) is 6.35. The van der Waals surface area contributed by atoms with Gasteiger partial charge in [-0.1, -0.05) is 6.42 Å². The first-order valence-electron chi connectivity index (χ1n) is 6.27. The fourth-order valence-electron chi connectivity index (χ4n) is 2.51. The first-order valence-corrected chi connectivity index (χ1v) is 7.49. The van der Waals surface area contributed by atoms with Gasteiger partial charge in [0.1, 0.15) is 0 Å². The van der Waals surface area contributed by atoms with Crippen molar-refractivity contribution in [3.63, 3.8) is 0 Å². The van der Waals surface area contributed by atoms with Crippen LogP contribution in [0, 0.1) is 5.92 Å². The summed E-state index contributed by atoms with van der Waals surface area (Å²) >= 11 is 1.92. The number of carbonyl (C=O) groups excluding carboxylic acids is 1. The lowest BCUT2D eigenvalue weighted by atomic mass is 9.84. The summed E-state index contributed by atoms with van der Waals surface area (Å²) < 4.78 is 0.365. The summed E-state index contributed by atoms with van der Waals surface area (Å²) in [5, 5.41) is 6.42. The average molecular weight is 242 g/mol. The van der Waals surface area contributed by atoms with Crippen LogP contribution in [-0.4, -0.2) is 36.5 Å². The molecule has 0 aromatic rings. The molecule has 1 amide bonds. The quantitative estimate of drug-likeness (QED) is 0.765. The number of hydrogen-bond donors (Lipinski definition) is 2. The van der Waals surface area contributed by atoms with Crippen molar-refractivity contribution in [3.8, 4) is 0 Å². The van der Waals surface area contributed by atoms with Crippen molar-refractivity contribution in [2.45, 2.75) is 36.9 Å². The van der Waals surface area contributed by atoms with Crippen LogP contribution in [0.15, 0.2) is 0 Å². The second-order valence-electron chi connectivity index (χ2n) is 5.08. The van der Waals surface area contributed by atoms with E-state index in [0.717, 1.165) is 26.1 Å². The first-order chi connectivity index (χ1) is 7.74. The van der Waals surface area contributed by atoms with Crippen LogP contribution in [0.5, 0.6) is 0 Å². The summed E-state index contributed by atoms with van der Waals surface area (Å²) in [5.74, 6) is 0.806. The monoisotopic (exact) mass is 242 g/mol. The fourth-order valence-corrected chi connectivity index (χ4v) is 3.42. The predicted octanol–water partition coefficient (Wildman–Crippen LogP) is 1.39. The smallest absolute Gasteiger partial charge is 0.220 e. The van der Waals surface area contributed by atoms with Crippen LogP contribution in [-0.2, 0) is 4.79 Å². The number of rotatable bonds is 5. The maximum atomic E-state index is 11.8. The van der Waals surface area contributed by atoms with Crippen LogP contribution < -0.4 is 10.6 Å². The number of amides is 1. The van der Waals surface area contributed by atoms with E-state index in [4.69, 9.17) is 0 Å². The van der Waals surface area contributed by atoms with Crippen molar-refractivity contribution < 1.29 is 4.79 Å². The number of thioether (sulfide) groups is 1. The van der Waals surface area contributed by atoms with Gasteiger partial charge in [-0.05, 0) is 44.5 Å². The Bertz CT molecular complexity index is 242. The third kappa shape index (κ3) is 2.92. The van der Waals surface area contributed by atoms with Crippen LogP contribution in [0.25, 0.3) is 0 Å². The molecule has 1 aliphatic heterocycles. The zero-order valence-corrected chi connectivity index (χ0v) is 10.9. The first kappa shape index (κ1) is 12.2. The molecule has 0 bridgehead atoms. The second kappa shape index (κ2) is 5.41.